The fraction of sp³-hybridized carbons (Fsp3) is 0.417. The van der Waals surface area contributed by atoms with Gasteiger partial charge in [0.15, 0.2) is 5.78 Å². The standard InChI is InChI=1S/C12H12ClFO/c1-7-3-4-8(5-9(7)13)11(15)12(2)6-10(12)14/h3-5,10H,6H2,1-2H3. The number of carbonyl (C=O) groups is 1. The van der Waals surface area contributed by atoms with E-state index in [2.05, 4.69) is 0 Å². The first-order chi connectivity index (χ1) is 6.95. The molecule has 1 aliphatic rings. The number of halogens is 2. The largest absolute Gasteiger partial charge is 0.293 e. The zero-order valence-corrected chi connectivity index (χ0v) is 9.44. The van der Waals surface area contributed by atoms with Gasteiger partial charge in [-0.15, -0.1) is 0 Å². The van der Waals surface area contributed by atoms with Crippen LogP contribution in [0.5, 0.6) is 0 Å². The summed E-state index contributed by atoms with van der Waals surface area (Å²) in [7, 11) is 0. The fourth-order valence-corrected chi connectivity index (χ4v) is 1.79. The molecule has 3 heteroatoms. The maximum Gasteiger partial charge on any atom is 0.171 e. The lowest BCUT2D eigenvalue weighted by atomic mass is 9.96. The molecule has 0 aromatic heterocycles. The number of hydrogen-bond donors (Lipinski definition) is 0. The van der Waals surface area contributed by atoms with Crippen LogP contribution in [0.25, 0.3) is 0 Å². The molecule has 0 spiro atoms. The molecule has 80 valence electrons. The van der Waals surface area contributed by atoms with Gasteiger partial charge >= 0.3 is 0 Å². The molecule has 0 heterocycles. The summed E-state index contributed by atoms with van der Waals surface area (Å²) in [4.78, 5) is 11.9. The number of Topliss-reactive ketones (excluding diaryl/α,β-unsaturated/α-hetero) is 1. The zero-order chi connectivity index (χ0) is 11.2. The summed E-state index contributed by atoms with van der Waals surface area (Å²) in [6.45, 7) is 3.53. The van der Waals surface area contributed by atoms with Crippen LogP contribution in [-0.2, 0) is 0 Å². The summed E-state index contributed by atoms with van der Waals surface area (Å²) in [5.74, 6) is -0.142. The molecule has 1 aromatic carbocycles. The fourth-order valence-electron chi connectivity index (χ4n) is 1.61. The van der Waals surface area contributed by atoms with Gasteiger partial charge in [-0.05, 0) is 31.9 Å². The first kappa shape index (κ1) is 10.6. The van der Waals surface area contributed by atoms with E-state index in [1.807, 2.05) is 6.92 Å². The van der Waals surface area contributed by atoms with Gasteiger partial charge in [-0.3, -0.25) is 4.79 Å². The Hall–Kier alpha value is -0.890. The molecule has 2 rings (SSSR count). The van der Waals surface area contributed by atoms with E-state index in [0.29, 0.717) is 17.0 Å². The van der Waals surface area contributed by atoms with E-state index >= 15 is 0 Å². The second kappa shape index (κ2) is 3.31. The summed E-state index contributed by atoms with van der Waals surface area (Å²) in [6.07, 6.45) is -0.665. The van der Waals surface area contributed by atoms with Crippen molar-refractivity contribution in [3.05, 3.63) is 34.3 Å². The molecule has 2 atom stereocenters. The van der Waals surface area contributed by atoms with Gasteiger partial charge in [-0.2, -0.15) is 0 Å². The lowest BCUT2D eigenvalue weighted by Gasteiger charge is -2.08. The molecule has 0 N–H and O–H groups in total. The van der Waals surface area contributed by atoms with E-state index in [-0.39, 0.29) is 5.78 Å². The minimum Gasteiger partial charge on any atom is -0.293 e. The Labute approximate surface area is 93.2 Å². The van der Waals surface area contributed by atoms with Crippen LogP contribution in [0.4, 0.5) is 4.39 Å². The Balaban J connectivity index is 2.31. The Kier molecular flexibility index (Phi) is 2.34. The van der Waals surface area contributed by atoms with Crippen LogP contribution in [0.15, 0.2) is 18.2 Å². The van der Waals surface area contributed by atoms with Crippen molar-refractivity contribution in [2.45, 2.75) is 26.4 Å². The van der Waals surface area contributed by atoms with Gasteiger partial charge in [0.25, 0.3) is 0 Å². The van der Waals surface area contributed by atoms with E-state index in [0.717, 1.165) is 5.56 Å². The van der Waals surface area contributed by atoms with Crippen molar-refractivity contribution in [2.24, 2.45) is 5.41 Å². The molecular weight excluding hydrogens is 215 g/mol. The van der Waals surface area contributed by atoms with Crippen LogP contribution in [0, 0.1) is 12.3 Å². The highest BCUT2D eigenvalue weighted by atomic mass is 35.5. The predicted octanol–water partition coefficient (Wildman–Crippen LogP) is 3.58. The Morgan fingerprint density at radius 3 is 2.67 bits per heavy atom. The van der Waals surface area contributed by atoms with E-state index in [9.17, 15) is 9.18 Å². The number of hydrogen-bond acceptors (Lipinski definition) is 1. The van der Waals surface area contributed by atoms with E-state index < -0.39 is 11.6 Å². The quantitative estimate of drug-likeness (QED) is 0.705. The molecule has 1 nitrogen and oxygen atoms in total. The highest BCUT2D eigenvalue weighted by Gasteiger charge is 2.57. The average Bonchev–Trinajstić information content (AvgIpc) is 2.80. The number of ketones is 1. The van der Waals surface area contributed by atoms with Gasteiger partial charge in [0.2, 0.25) is 0 Å². The zero-order valence-electron chi connectivity index (χ0n) is 8.68. The number of alkyl halides is 1. The Bertz CT molecular complexity index is 430. The second-order valence-electron chi connectivity index (χ2n) is 4.38. The minimum absolute atomic E-state index is 0.142. The molecule has 0 bridgehead atoms. The third-order valence-corrected chi connectivity index (χ3v) is 3.49. The molecule has 0 aliphatic heterocycles. The highest BCUT2D eigenvalue weighted by molar-refractivity contribution is 6.31. The van der Waals surface area contributed by atoms with E-state index in [4.69, 9.17) is 11.6 Å². The number of benzene rings is 1. The molecule has 0 radical (unpaired) electrons. The van der Waals surface area contributed by atoms with Gasteiger partial charge in [-0.25, -0.2) is 4.39 Å². The third kappa shape index (κ3) is 1.67. The van der Waals surface area contributed by atoms with Crippen molar-refractivity contribution >= 4 is 17.4 Å². The van der Waals surface area contributed by atoms with Gasteiger partial charge in [-0.1, -0.05) is 23.7 Å². The van der Waals surface area contributed by atoms with Crippen molar-refractivity contribution < 1.29 is 9.18 Å². The van der Waals surface area contributed by atoms with Gasteiger partial charge < -0.3 is 0 Å². The lowest BCUT2D eigenvalue weighted by Crippen LogP contribution is -2.15. The van der Waals surface area contributed by atoms with Crippen LogP contribution in [-0.4, -0.2) is 12.0 Å². The molecule has 2 unspecified atom stereocenters. The van der Waals surface area contributed by atoms with Crippen LogP contribution in [0.2, 0.25) is 5.02 Å². The number of carbonyl (C=O) groups excluding carboxylic acids is 1. The monoisotopic (exact) mass is 226 g/mol. The smallest absolute Gasteiger partial charge is 0.171 e. The first-order valence-electron chi connectivity index (χ1n) is 4.90. The van der Waals surface area contributed by atoms with Crippen molar-refractivity contribution in [2.75, 3.05) is 0 Å². The average molecular weight is 227 g/mol. The second-order valence-corrected chi connectivity index (χ2v) is 4.79. The predicted molar refractivity (Wildman–Crippen MR) is 58.1 cm³/mol. The molecule has 15 heavy (non-hydrogen) atoms. The van der Waals surface area contributed by atoms with Crippen LogP contribution >= 0.6 is 11.6 Å². The summed E-state index contributed by atoms with van der Waals surface area (Å²) >= 11 is 5.92. The third-order valence-electron chi connectivity index (χ3n) is 3.09. The summed E-state index contributed by atoms with van der Waals surface area (Å²) in [6, 6.07) is 5.11. The molecule has 1 fully saturated rings. The highest BCUT2D eigenvalue weighted by Crippen LogP contribution is 2.50. The van der Waals surface area contributed by atoms with Crippen LogP contribution in [0.3, 0.4) is 0 Å². The molecule has 0 amide bonds. The van der Waals surface area contributed by atoms with Crippen LogP contribution in [0.1, 0.15) is 29.3 Å². The molecule has 1 aromatic rings. The Morgan fingerprint density at radius 2 is 2.20 bits per heavy atom. The van der Waals surface area contributed by atoms with Crippen LogP contribution < -0.4 is 0 Å². The summed E-state index contributed by atoms with van der Waals surface area (Å²) in [5.41, 5.74) is 0.623. The number of rotatable bonds is 2. The topological polar surface area (TPSA) is 17.1 Å². The molecule has 1 aliphatic carbocycles. The lowest BCUT2D eigenvalue weighted by molar-refractivity contribution is 0.0893. The van der Waals surface area contributed by atoms with Crippen molar-refractivity contribution in [1.29, 1.82) is 0 Å². The normalized spacial score (nSPS) is 28.9. The number of aryl methyl sites for hydroxylation is 1. The summed E-state index contributed by atoms with van der Waals surface area (Å²) in [5, 5.41) is 0.556. The molecular formula is C12H12ClFO. The maximum absolute atomic E-state index is 13.0. The molecule has 1 saturated carbocycles. The van der Waals surface area contributed by atoms with Gasteiger partial charge in [0.05, 0.1) is 5.41 Å². The first-order valence-corrected chi connectivity index (χ1v) is 5.28. The maximum atomic E-state index is 13.0. The van der Waals surface area contributed by atoms with Crippen molar-refractivity contribution in [1.82, 2.24) is 0 Å². The van der Waals surface area contributed by atoms with E-state index in [1.54, 1.807) is 25.1 Å². The van der Waals surface area contributed by atoms with Gasteiger partial charge in [0.1, 0.15) is 6.17 Å². The van der Waals surface area contributed by atoms with E-state index in [1.165, 1.54) is 0 Å². The van der Waals surface area contributed by atoms with Gasteiger partial charge in [0, 0.05) is 10.6 Å². The molecule has 0 saturated heterocycles. The van der Waals surface area contributed by atoms with Crippen molar-refractivity contribution in [3.63, 3.8) is 0 Å². The summed E-state index contributed by atoms with van der Waals surface area (Å²) < 4.78 is 13.0. The van der Waals surface area contributed by atoms with Crippen molar-refractivity contribution in [3.8, 4) is 0 Å². The Morgan fingerprint density at radius 1 is 1.60 bits per heavy atom. The SMILES string of the molecule is Cc1ccc(C(=O)C2(C)CC2F)cc1Cl. The minimum atomic E-state index is -0.995.